The number of carbonyl (C=O) groups excluding carboxylic acids is 2. The van der Waals surface area contributed by atoms with Crippen molar-refractivity contribution in [3.63, 3.8) is 0 Å². The van der Waals surface area contributed by atoms with Crippen LogP contribution in [0.25, 0.3) is 0 Å². The number of nitrogens with zero attached hydrogens (tertiary/aromatic N) is 1. The van der Waals surface area contributed by atoms with Crippen molar-refractivity contribution < 1.29 is 9.59 Å². The molecule has 3 aliphatic heterocycles. The predicted molar refractivity (Wildman–Crippen MR) is 120 cm³/mol. The first kappa shape index (κ1) is 18.5. The molecule has 0 aliphatic carbocycles. The highest BCUT2D eigenvalue weighted by Crippen LogP contribution is 2.61. The molecule has 2 fully saturated rings. The third-order valence-corrected chi connectivity index (χ3v) is 7.43. The molecule has 3 aromatic carbocycles. The number of hydrogen-bond acceptors (Lipinski definition) is 3. The minimum Gasteiger partial charge on any atom is -0.324 e. The van der Waals surface area contributed by atoms with Crippen molar-refractivity contribution in [1.29, 1.82) is 0 Å². The Kier molecular flexibility index (Phi) is 4.12. The van der Waals surface area contributed by atoms with Crippen LogP contribution < -0.4 is 5.32 Å². The molecule has 3 aromatic rings. The number of benzene rings is 3. The molecule has 3 aliphatic rings. The van der Waals surface area contributed by atoms with Crippen molar-refractivity contribution in [3.05, 3.63) is 102 Å². The second-order valence-electron chi connectivity index (χ2n) is 8.81. The van der Waals surface area contributed by atoms with Crippen molar-refractivity contribution in [1.82, 2.24) is 4.90 Å². The number of carbonyl (C=O) groups is 2. The molecular weight excluding hydrogens is 384 g/mol. The lowest BCUT2D eigenvalue weighted by molar-refractivity contribution is -0.127. The summed E-state index contributed by atoms with van der Waals surface area (Å²) >= 11 is 0. The first-order valence-corrected chi connectivity index (χ1v) is 11.0. The van der Waals surface area contributed by atoms with Crippen molar-refractivity contribution in [2.75, 3.05) is 11.9 Å². The zero-order chi connectivity index (χ0) is 21.0. The van der Waals surface area contributed by atoms with Crippen LogP contribution in [-0.4, -0.2) is 29.2 Å². The SMILES string of the molecule is O=C(c1ccccc1)[C@@H]1C2CCCN2C2(C(=O)Nc3ccccc32)[C@H]1c1ccccc1. The van der Waals surface area contributed by atoms with E-state index in [0.717, 1.165) is 41.8 Å². The standard InChI is InChI=1S/C27H24N2O2/c30-25(19-12-5-2-6-13-19)23-22-16-9-17-29(22)27(24(23)18-10-3-1-4-11-18)20-14-7-8-15-21(20)28-26(27)31/h1-8,10-15,22-24H,9,16-17H2,(H,28,31)/t22?,23-,24+,27?/m1/s1. The fraction of sp³-hybridized carbons (Fsp3) is 0.259. The molecule has 0 saturated carbocycles. The topological polar surface area (TPSA) is 49.4 Å². The van der Waals surface area contributed by atoms with Crippen LogP contribution in [0, 0.1) is 5.92 Å². The summed E-state index contributed by atoms with van der Waals surface area (Å²) in [5.41, 5.74) is 2.80. The number of nitrogens with one attached hydrogen (secondary N) is 1. The summed E-state index contributed by atoms with van der Waals surface area (Å²) in [4.78, 5) is 30.1. The van der Waals surface area contributed by atoms with Gasteiger partial charge in [0.2, 0.25) is 5.91 Å². The van der Waals surface area contributed by atoms with Gasteiger partial charge in [-0.15, -0.1) is 0 Å². The Morgan fingerprint density at radius 1 is 0.903 bits per heavy atom. The van der Waals surface area contributed by atoms with Gasteiger partial charge in [0.05, 0.1) is 0 Å². The molecule has 3 heterocycles. The van der Waals surface area contributed by atoms with E-state index in [1.807, 2.05) is 66.7 Å². The number of fused-ring (bicyclic) bond motifs is 4. The van der Waals surface area contributed by atoms with Crippen molar-refractivity contribution in [2.45, 2.75) is 30.3 Å². The number of hydrogen-bond donors (Lipinski definition) is 1. The molecule has 2 saturated heterocycles. The molecule has 6 rings (SSSR count). The molecule has 154 valence electrons. The quantitative estimate of drug-likeness (QED) is 0.645. The van der Waals surface area contributed by atoms with E-state index in [1.54, 1.807) is 0 Å². The molecule has 0 aromatic heterocycles. The van der Waals surface area contributed by atoms with Gasteiger partial charge in [-0.2, -0.15) is 0 Å². The second kappa shape index (κ2) is 6.89. The molecule has 31 heavy (non-hydrogen) atoms. The Morgan fingerprint density at radius 3 is 2.35 bits per heavy atom. The molecule has 0 radical (unpaired) electrons. The van der Waals surface area contributed by atoms with E-state index in [4.69, 9.17) is 0 Å². The second-order valence-corrected chi connectivity index (χ2v) is 8.81. The summed E-state index contributed by atoms with van der Waals surface area (Å²) in [5, 5.41) is 3.15. The monoisotopic (exact) mass is 408 g/mol. The molecule has 0 bridgehead atoms. The minimum atomic E-state index is -0.853. The molecule has 4 heteroatoms. The van der Waals surface area contributed by atoms with Gasteiger partial charge in [-0.1, -0.05) is 78.9 Å². The van der Waals surface area contributed by atoms with Crippen LogP contribution in [0.4, 0.5) is 5.69 Å². The average molecular weight is 409 g/mol. The van der Waals surface area contributed by atoms with E-state index in [2.05, 4.69) is 28.4 Å². The smallest absolute Gasteiger partial charge is 0.250 e. The van der Waals surface area contributed by atoms with Crippen LogP contribution in [0.1, 0.15) is 40.2 Å². The van der Waals surface area contributed by atoms with Crippen molar-refractivity contribution in [3.8, 4) is 0 Å². The first-order valence-electron chi connectivity index (χ1n) is 11.0. The van der Waals surface area contributed by atoms with E-state index in [0.29, 0.717) is 0 Å². The van der Waals surface area contributed by atoms with E-state index in [1.165, 1.54) is 0 Å². The van der Waals surface area contributed by atoms with Crippen molar-refractivity contribution >= 4 is 17.4 Å². The van der Waals surface area contributed by atoms with Crippen LogP contribution in [-0.2, 0) is 10.3 Å². The van der Waals surface area contributed by atoms with Crippen LogP contribution in [0.2, 0.25) is 0 Å². The Labute approximate surface area is 181 Å². The van der Waals surface area contributed by atoms with E-state index in [9.17, 15) is 9.59 Å². The van der Waals surface area contributed by atoms with Gasteiger partial charge in [0.25, 0.3) is 0 Å². The highest BCUT2D eigenvalue weighted by molar-refractivity contribution is 6.09. The highest BCUT2D eigenvalue weighted by atomic mass is 16.2. The lowest BCUT2D eigenvalue weighted by Gasteiger charge is -2.37. The Hall–Kier alpha value is -3.24. The summed E-state index contributed by atoms with van der Waals surface area (Å²) in [6, 6.07) is 27.8. The largest absolute Gasteiger partial charge is 0.324 e. The Bertz CT molecular complexity index is 1160. The maximum atomic E-state index is 14.0. The lowest BCUT2D eigenvalue weighted by Crippen LogP contribution is -2.50. The Balaban J connectivity index is 1.61. The molecule has 4 atom stereocenters. The van der Waals surface area contributed by atoms with Gasteiger partial charge < -0.3 is 5.32 Å². The van der Waals surface area contributed by atoms with Gasteiger partial charge in [0.1, 0.15) is 5.54 Å². The van der Waals surface area contributed by atoms with E-state index < -0.39 is 5.54 Å². The van der Waals surface area contributed by atoms with Crippen LogP contribution in [0.5, 0.6) is 0 Å². The fourth-order valence-corrected chi connectivity index (χ4v) is 6.35. The first-order chi connectivity index (χ1) is 15.2. The predicted octanol–water partition coefficient (Wildman–Crippen LogP) is 4.59. The summed E-state index contributed by atoms with van der Waals surface area (Å²) in [5.74, 6) is -0.377. The Morgan fingerprint density at radius 2 is 1.58 bits per heavy atom. The highest BCUT2D eigenvalue weighted by Gasteiger charge is 2.68. The summed E-state index contributed by atoms with van der Waals surface area (Å²) in [6.45, 7) is 0.828. The summed E-state index contributed by atoms with van der Waals surface area (Å²) in [7, 11) is 0. The normalized spacial score (nSPS) is 29.0. The van der Waals surface area contributed by atoms with Crippen LogP contribution >= 0.6 is 0 Å². The van der Waals surface area contributed by atoms with Crippen LogP contribution in [0.15, 0.2) is 84.9 Å². The van der Waals surface area contributed by atoms with E-state index in [-0.39, 0.29) is 29.6 Å². The van der Waals surface area contributed by atoms with Gasteiger partial charge in [-0.25, -0.2) is 0 Å². The third-order valence-electron chi connectivity index (χ3n) is 7.43. The third kappa shape index (κ3) is 2.45. The fourth-order valence-electron chi connectivity index (χ4n) is 6.35. The van der Waals surface area contributed by atoms with Gasteiger partial charge >= 0.3 is 0 Å². The zero-order valence-corrected chi connectivity index (χ0v) is 17.2. The lowest BCUT2D eigenvalue weighted by atomic mass is 9.69. The molecule has 1 spiro atoms. The number of anilines is 1. The average Bonchev–Trinajstić information content (AvgIpc) is 3.48. The molecule has 1 N–H and O–H groups in total. The molecular formula is C27H24N2O2. The summed E-state index contributed by atoms with van der Waals surface area (Å²) < 4.78 is 0. The van der Waals surface area contributed by atoms with Gasteiger partial charge in [-0.3, -0.25) is 14.5 Å². The number of rotatable bonds is 3. The maximum Gasteiger partial charge on any atom is 0.250 e. The van der Waals surface area contributed by atoms with E-state index >= 15 is 0 Å². The molecule has 2 unspecified atom stereocenters. The minimum absolute atomic E-state index is 0.00202. The number of amides is 1. The van der Waals surface area contributed by atoms with Gasteiger partial charge in [0, 0.05) is 34.7 Å². The number of ketones is 1. The molecule has 4 nitrogen and oxygen atoms in total. The van der Waals surface area contributed by atoms with Gasteiger partial charge in [-0.05, 0) is 31.0 Å². The van der Waals surface area contributed by atoms with Gasteiger partial charge in [0.15, 0.2) is 5.78 Å². The van der Waals surface area contributed by atoms with Crippen LogP contribution in [0.3, 0.4) is 0 Å². The zero-order valence-electron chi connectivity index (χ0n) is 17.2. The number of para-hydroxylation sites is 1. The summed E-state index contributed by atoms with van der Waals surface area (Å²) in [6.07, 6.45) is 1.94. The maximum absolute atomic E-state index is 14.0. The molecule has 1 amide bonds. The van der Waals surface area contributed by atoms with Crippen molar-refractivity contribution in [2.24, 2.45) is 5.92 Å². The number of Topliss-reactive ketones (excluding diaryl/α,β-unsaturated/α-hetero) is 1.